The number of carbonyl (C=O) groups is 1. The zero-order valence-electron chi connectivity index (χ0n) is 15.2. The summed E-state index contributed by atoms with van der Waals surface area (Å²) < 4.78 is 4.38. The molecule has 0 bridgehead atoms. The van der Waals surface area contributed by atoms with E-state index in [9.17, 15) is 4.79 Å². The van der Waals surface area contributed by atoms with Gasteiger partial charge in [0.25, 0.3) is 0 Å². The minimum absolute atomic E-state index is 0.155. The Morgan fingerprint density at radius 3 is 1.85 bits per heavy atom. The highest BCUT2D eigenvalue weighted by atomic mass is 32.1. The van der Waals surface area contributed by atoms with Crippen molar-refractivity contribution in [2.45, 2.75) is 39.3 Å². The Bertz CT molecular complexity index is 751. The van der Waals surface area contributed by atoms with Crippen molar-refractivity contribution >= 4 is 36.2 Å². The topological polar surface area (TPSA) is 50.4 Å². The molecule has 2 aromatic rings. The number of benzene rings is 2. The van der Waals surface area contributed by atoms with E-state index in [1.165, 1.54) is 11.1 Å². The molecule has 0 spiro atoms. The van der Waals surface area contributed by atoms with E-state index in [1.807, 2.05) is 12.1 Å². The second-order valence-electron chi connectivity index (χ2n) is 7.06. The fourth-order valence-electron chi connectivity index (χ4n) is 2.36. The van der Waals surface area contributed by atoms with Gasteiger partial charge in [-0.3, -0.25) is 0 Å². The second kappa shape index (κ2) is 9.05. The smallest absolute Gasteiger partial charge is 0.349 e. The SMILES string of the molecule is CC(C)(C)c1ccc(CNC(=S)NCc2ccc(C(=O)OS)cc2)cc1. The van der Waals surface area contributed by atoms with Crippen molar-refractivity contribution in [2.75, 3.05) is 0 Å². The molecule has 0 saturated carbocycles. The summed E-state index contributed by atoms with van der Waals surface area (Å²) in [5.41, 5.74) is 4.12. The minimum Gasteiger partial charge on any atom is -0.391 e. The van der Waals surface area contributed by atoms with E-state index in [0.717, 1.165) is 5.56 Å². The van der Waals surface area contributed by atoms with Crippen LogP contribution in [0.3, 0.4) is 0 Å². The van der Waals surface area contributed by atoms with Crippen molar-refractivity contribution in [3.63, 3.8) is 0 Å². The minimum atomic E-state index is -0.470. The summed E-state index contributed by atoms with van der Waals surface area (Å²) in [6.45, 7) is 7.85. The molecule has 2 N–H and O–H groups in total. The average molecular weight is 389 g/mol. The summed E-state index contributed by atoms with van der Waals surface area (Å²) >= 11 is 8.82. The molecule has 0 amide bonds. The highest BCUT2D eigenvalue weighted by Crippen LogP contribution is 2.22. The van der Waals surface area contributed by atoms with Crippen molar-refractivity contribution in [3.05, 3.63) is 70.8 Å². The maximum atomic E-state index is 11.3. The molecule has 0 atom stereocenters. The van der Waals surface area contributed by atoms with Crippen LogP contribution in [0.5, 0.6) is 0 Å². The van der Waals surface area contributed by atoms with Crippen LogP contribution >= 0.6 is 25.1 Å². The van der Waals surface area contributed by atoms with Gasteiger partial charge in [-0.25, -0.2) is 4.79 Å². The average Bonchev–Trinajstić information content (AvgIpc) is 2.64. The zero-order valence-corrected chi connectivity index (χ0v) is 16.9. The van der Waals surface area contributed by atoms with Crippen LogP contribution in [0.2, 0.25) is 0 Å². The van der Waals surface area contributed by atoms with Gasteiger partial charge in [-0.2, -0.15) is 0 Å². The van der Waals surface area contributed by atoms with Gasteiger partial charge in [0.2, 0.25) is 0 Å². The normalized spacial score (nSPS) is 10.9. The molecule has 0 fully saturated rings. The van der Waals surface area contributed by atoms with E-state index in [1.54, 1.807) is 12.1 Å². The summed E-state index contributed by atoms with van der Waals surface area (Å²) in [6, 6.07) is 15.6. The van der Waals surface area contributed by atoms with Gasteiger partial charge in [-0.1, -0.05) is 57.2 Å². The van der Waals surface area contributed by atoms with Crippen LogP contribution in [0.1, 0.15) is 47.8 Å². The molecule has 0 heterocycles. The van der Waals surface area contributed by atoms with Crippen molar-refractivity contribution in [1.82, 2.24) is 10.6 Å². The molecule has 6 heteroatoms. The lowest BCUT2D eigenvalue weighted by Gasteiger charge is -2.19. The summed E-state index contributed by atoms with van der Waals surface area (Å²) in [5.74, 6) is -0.470. The van der Waals surface area contributed by atoms with Gasteiger partial charge in [0.1, 0.15) is 0 Å². The van der Waals surface area contributed by atoms with Gasteiger partial charge in [-0.05, 0) is 46.5 Å². The fraction of sp³-hybridized carbons (Fsp3) is 0.300. The molecule has 26 heavy (non-hydrogen) atoms. The first-order valence-electron chi connectivity index (χ1n) is 8.35. The molecule has 0 aliphatic carbocycles. The van der Waals surface area contributed by atoms with E-state index in [2.05, 4.69) is 72.8 Å². The lowest BCUT2D eigenvalue weighted by Crippen LogP contribution is -2.34. The van der Waals surface area contributed by atoms with Gasteiger partial charge < -0.3 is 14.8 Å². The number of nitrogens with one attached hydrogen (secondary N) is 2. The standard InChI is InChI=1S/C20H24N2O2S2/c1-20(2,3)17-10-6-15(7-11-17)13-22-19(25)21-12-14-4-8-16(9-5-14)18(23)24-26/h4-11,26H,12-13H2,1-3H3,(H2,21,22,25). The number of carbonyl (C=O) groups excluding carboxylic acids is 1. The molecule has 0 aliphatic heterocycles. The van der Waals surface area contributed by atoms with Crippen LogP contribution in [0.4, 0.5) is 0 Å². The van der Waals surface area contributed by atoms with Crippen LogP contribution in [-0.4, -0.2) is 11.1 Å². The zero-order chi connectivity index (χ0) is 19.2. The predicted molar refractivity (Wildman–Crippen MR) is 112 cm³/mol. The Morgan fingerprint density at radius 1 is 0.962 bits per heavy atom. The number of thiocarbonyl (C=S) groups is 1. The van der Waals surface area contributed by atoms with Crippen molar-refractivity contribution in [2.24, 2.45) is 0 Å². The first-order chi connectivity index (χ1) is 12.3. The predicted octanol–water partition coefficient (Wildman–Crippen LogP) is 4.15. The quantitative estimate of drug-likeness (QED) is 0.408. The molecule has 0 saturated heterocycles. The number of rotatable bonds is 5. The molecule has 0 unspecified atom stereocenters. The van der Waals surface area contributed by atoms with Crippen LogP contribution in [-0.2, 0) is 22.7 Å². The van der Waals surface area contributed by atoms with Crippen LogP contribution in [0.15, 0.2) is 48.5 Å². The third-order valence-electron chi connectivity index (χ3n) is 4.00. The van der Waals surface area contributed by atoms with E-state index >= 15 is 0 Å². The molecule has 2 aromatic carbocycles. The van der Waals surface area contributed by atoms with Crippen molar-refractivity contribution in [1.29, 1.82) is 0 Å². The number of hydrogen-bond donors (Lipinski definition) is 3. The Kier molecular flexibility index (Phi) is 7.06. The van der Waals surface area contributed by atoms with Gasteiger partial charge in [0.05, 0.1) is 5.56 Å². The third-order valence-corrected chi connectivity index (χ3v) is 4.45. The molecule has 2 rings (SSSR count). The highest BCUT2D eigenvalue weighted by Gasteiger charge is 2.12. The van der Waals surface area contributed by atoms with Crippen molar-refractivity contribution < 1.29 is 8.98 Å². The number of thiol groups is 1. The van der Waals surface area contributed by atoms with Gasteiger partial charge in [0, 0.05) is 26.0 Å². The van der Waals surface area contributed by atoms with Gasteiger partial charge in [0.15, 0.2) is 5.11 Å². The molecular formula is C20H24N2O2S2. The highest BCUT2D eigenvalue weighted by molar-refractivity contribution is 7.80. The molecule has 0 aromatic heterocycles. The fourth-order valence-corrected chi connectivity index (χ4v) is 2.61. The lowest BCUT2D eigenvalue weighted by molar-refractivity contribution is 0.0772. The molecule has 4 nitrogen and oxygen atoms in total. The number of hydrogen-bond acceptors (Lipinski definition) is 4. The van der Waals surface area contributed by atoms with Gasteiger partial charge in [-0.15, -0.1) is 0 Å². The Labute approximate surface area is 166 Å². The largest absolute Gasteiger partial charge is 0.391 e. The summed E-state index contributed by atoms with van der Waals surface area (Å²) in [6.07, 6.45) is 0. The van der Waals surface area contributed by atoms with Crippen LogP contribution < -0.4 is 10.6 Å². The van der Waals surface area contributed by atoms with E-state index in [4.69, 9.17) is 12.2 Å². The first kappa shape index (κ1) is 20.3. The Balaban J connectivity index is 1.79. The summed E-state index contributed by atoms with van der Waals surface area (Å²) in [5, 5.41) is 6.95. The van der Waals surface area contributed by atoms with E-state index < -0.39 is 5.97 Å². The monoisotopic (exact) mass is 388 g/mol. The summed E-state index contributed by atoms with van der Waals surface area (Å²) in [7, 11) is 0. The third kappa shape index (κ3) is 6.04. The van der Waals surface area contributed by atoms with Gasteiger partial charge >= 0.3 is 5.97 Å². The lowest BCUT2D eigenvalue weighted by atomic mass is 9.87. The van der Waals surface area contributed by atoms with Crippen LogP contribution in [0, 0.1) is 0 Å². The molecule has 0 radical (unpaired) electrons. The molecular weight excluding hydrogens is 364 g/mol. The Hall–Kier alpha value is -2.05. The molecule has 138 valence electrons. The maximum Gasteiger partial charge on any atom is 0.349 e. The van der Waals surface area contributed by atoms with E-state index in [-0.39, 0.29) is 5.41 Å². The summed E-state index contributed by atoms with van der Waals surface area (Å²) in [4.78, 5) is 11.3. The Morgan fingerprint density at radius 2 is 1.42 bits per heavy atom. The first-order valence-corrected chi connectivity index (χ1v) is 9.13. The van der Waals surface area contributed by atoms with Crippen molar-refractivity contribution in [3.8, 4) is 0 Å². The molecule has 0 aliphatic rings. The maximum absolute atomic E-state index is 11.3. The van der Waals surface area contributed by atoms with Crippen LogP contribution in [0.25, 0.3) is 0 Å². The van der Waals surface area contributed by atoms with E-state index in [0.29, 0.717) is 23.8 Å². The second-order valence-corrected chi connectivity index (χ2v) is 7.65.